The Morgan fingerprint density at radius 2 is 2.00 bits per heavy atom. The first-order valence-electron chi connectivity index (χ1n) is 6.23. The average molecular weight is 334 g/mol. The van der Waals surface area contributed by atoms with Crippen LogP contribution in [-0.2, 0) is 26.0 Å². The second-order valence-electron chi connectivity index (χ2n) is 4.40. The third-order valence-corrected chi connectivity index (χ3v) is 3.77. The van der Waals surface area contributed by atoms with Crippen LogP contribution >= 0.6 is 34.8 Å². The van der Waals surface area contributed by atoms with Crippen LogP contribution in [0.15, 0.2) is 18.2 Å². The molecule has 6 heteroatoms. The molecule has 0 N–H and O–H groups in total. The van der Waals surface area contributed by atoms with E-state index in [2.05, 4.69) is 12.0 Å². The standard InChI is InChI=1S/C14H15Cl3N2O/c1-3-11-6-12(19(2)18-11)8-20-14-9(7-15)4-10(16)5-13(14)17/h4-6H,3,7-8H2,1-2H3. The van der Waals surface area contributed by atoms with E-state index < -0.39 is 0 Å². The molecular weight excluding hydrogens is 319 g/mol. The Kier molecular flexibility index (Phi) is 5.19. The summed E-state index contributed by atoms with van der Waals surface area (Å²) < 4.78 is 7.61. The number of halogens is 3. The molecule has 1 aromatic carbocycles. The van der Waals surface area contributed by atoms with Gasteiger partial charge < -0.3 is 4.74 Å². The first-order valence-corrected chi connectivity index (χ1v) is 7.52. The molecule has 0 saturated heterocycles. The summed E-state index contributed by atoms with van der Waals surface area (Å²) in [5.74, 6) is 0.867. The third-order valence-electron chi connectivity index (χ3n) is 2.98. The Morgan fingerprint density at radius 1 is 1.25 bits per heavy atom. The molecule has 0 aliphatic heterocycles. The number of ether oxygens (including phenoxy) is 1. The molecule has 0 aliphatic carbocycles. The highest BCUT2D eigenvalue weighted by atomic mass is 35.5. The molecule has 0 bridgehead atoms. The maximum absolute atomic E-state index is 6.16. The van der Waals surface area contributed by atoms with E-state index in [4.69, 9.17) is 39.5 Å². The Labute approximate surface area is 133 Å². The minimum Gasteiger partial charge on any atom is -0.485 e. The van der Waals surface area contributed by atoms with Crippen molar-refractivity contribution in [2.75, 3.05) is 0 Å². The van der Waals surface area contributed by atoms with Crippen LogP contribution in [-0.4, -0.2) is 9.78 Å². The van der Waals surface area contributed by atoms with Crippen LogP contribution < -0.4 is 4.74 Å². The number of hydrogen-bond acceptors (Lipinski definition) is 2. The molecule has 0 amide bonds. The van der Waals surface area contributed by atoms with E-state index in [1.807, 2.05) is 17.8 Å². The SMILES string of the molecule is CCc1cc(COc2c(Cl)cc(Cl)cc2CCl)n(C)n1. The van der Waals surface area contributed by atoms with Gasteiger partial charge in [-0.05, 0) is 24.6 Å². The van der Waals surface area contributed by atoms with Crippen LogP contribution in [0.4, 0.5) is 0 Å². The van der Waals surface area contributed by atoms with Crippen molar-refractivity contribution >= 4 is 34.8 Å². The second kappa shape index (κ2) is 6.70. The number of hydrogen-bond donors (Lipinski definition) is 0. The van der Waals surface area contributed by atoms with Gasteiger partial charge >= 0.3 is 0 Å². The van der Waals surface area contributed by atoms with E-state index >= 15 is 0 Å². The Morgan fingerprint density at radius 3 is 2.60 bits per heavy atom. The number of benzene rings is 1. The van der Waals surface area contributed by atoms with E-state index in [1.54, 1.807) is 12.1 Å². The van der Waals surface area contributed by atoms with Crippen LogP contribution in [0.2, 0.25) is 10.0 Å². The van der Waals surface area contributed by atoms with Crippen molar-refractivity contribution < 1.29 is 4.74 Å². The molecule has 1 aromatic heterocycles. The summed E-state index contributed by atoms with van der Waals surface area (Å²) in [6, 6.07) is 5.43. The lowest BCUT2D eigenvalue weighted by molar-refractivity contribution is 0.293. The zero-order chi connectivity index (χ0) is 14.7. The van der Waals surface area contributed by atoms with Crippen molar-refractivity contribution in [1.29, 1.82) is 0 Å². The molecule has 2 aromatic rings. The number of alkyl halides is 1. The van der Waals surface area contributed by atoms with Crippen molar-refractivity contribution in [2.24, 2.45) is 7.05 Å². The lowest BCUT2D eigenvalue weighted by Gasteiger charge is -2.12. The minimum absolute atomic E-state index is 0.293. The van der Waals surface area contributed by atoms with Gasteiger partial charge in [0.15, 0.2) is 0 Å². The first kappa shape index (κ1) is 15.5. The molecule has 0 unspecified atom stereocenters. The van der Waals surface area contributed by atoms with Gasteiger partial charge in [-0.3, -0.25) is 4.68 Å². The zero-order valence-electron chi connectivity index (χ0n) is 11.3. The molecule has 0 spiro atoms. The van der Waals surface area contributed by atoms with E-state index in [0.717, 1.165) is 23.4 Å². The van der Waals surface area contributed by atoms with Gasteiger partial charge in [0.25, 0.3) is 0 Å². The van der Waals surface area contributed by atoms with Gasteiger partial charge in [0.1, 0.15) is 12.4 Å². The van der Waals surface area contributed by atoms with Crippen LogP contribution in [0.25, 0.3) is 0 Å². The summed E-state index contributed by atoms with van der Waals surface area (Å²) in [6.07, 6.45) is 0.891. The largest absolute Gasteiger partial charge is 0.485 e. The van der Waals surface area contributed by atoms with Crippen LogP contribution in [0.3, 0.4) is 0 Å². The van der Waals surface area contributed by atoms with Gasteiger partial charge in [0.05, 0.1) is 22.3 Å². The third kappa shape index (κ3) is 3.40. The molecule has 0 aliphatic rings. The van der Waals surface area contributed by atoms with E-state index in [9.17, 15) is 0 Å². The molecule has 1 heterocycles. The molecular formula is C14H15Cl3N2O. The van der Waals surface area contributed by atoms with Gasteiger partial charge in [0.2, 0.25) is 0 Å². The lowest BCUT2D eigenvalue weighted by atomic mass is 10.2. The van der Waals surface area contributed by atoms with Crippen molar-refractivity contribution in [3.63, 3.8) is 0 Å². The summed E-state index contributed by atoms with van der Waals surface area (Å²) in [6.45, 7) is 2.45. The topological polar surface area (TPSA) is 27.1 Å². The zero-order valence-corrected chi connectivity index (χ0v) is 13.6. The smallest absolute Gasteiger partial charge is 0.142 e. The predicted molar refractivity (Wildman–Crippen MR) is 82.9 cm³/mol. The lowest BCUT2D eigenvalue weighted by Crippen LogP contribution is -2.04. The second-order valence-corrected chi connectivity index (χ2v) is 5.51. The quantitative estimate of drug-likeness (QED) is 0.747. The van der Waals surface area contributed by atoms with Crippen LogP contribution in [0, 0.1) is 0 Å². The highest BCUT2D eigenvalue weighted by Crippen LogP contribution is 2.34. The van der Waals surface area contributed by atoms with Crippen LogP contribution in [0.1, 0.15) is 23.9 Å². The molecule has 0 saturated carbocycles. The first-order chi connectivity index (χ1) is 9.55. The normalized spacial score (nSPS) is 10.8. The predicted octanol–water partition coefficient (Wildman–Crippen LogP) is 4.61. The molecule has 20 heavy (non-hydrogen) atoms. The monoisotopic (exact) mass is 332 g/mol. The van der Waals surface area contributed by atoms with Crippen molar-refractivity contribution in [3.05, 3.63) is 45.2 Å². The minimum atomic E-state index is 0.293. The number of aryl methyl sites for hydroxylation is 2. The van der Waals surface area contributed by atoms with E-state index in [0.29, 0.717) is 28.3 Å². The number of nitrogens with zero attached hydrogens (tertiary/aromatic N) is 2. The van der Waals surface area contributed by atoms with Crippen molar-refractivity contribution in [3.8, 4) is 5.75 Å². The number of rotatable bonds is 5. The maximum atomic E-state index is 6.16. The van der Waals surface area contributed by atoms with E-state index in [-0.39, 0.29) is 0 Å². The molecule has 2 rings (SSSR count). The average Bonchev–Trinajstić information content (AvgIpc) is 2.77. The summed E-state index contributed by atoms with van der Waals surface area (Å²) in [7, 11) is 1.89. The van der Waals surface area contributed by atoms with Crippen molar-refractivity contribution in [2.45, 2.75) is 25.8 Å². The van der Waals surface area contributed by atoms with Gasteiger partial charge in [-0.1, -0.05) is 30.1 Å². The summed E-state index contributed by atoms with van der Waals surface area (Å²) in [4.78, 5) is 0. The van der Waals surface area contributed by atoms with Gasteiger partial charge in [0, 0.05) is 17.6 Å². The van der Waals surface area contributed by atoms with Crippen LogP contribution in [0.5, 0.6) is 5.75 Å². The van der Waals surface area contributed by atoms with Gasteiger partial charge in [-0.25, -0.2) is 0 Å². The summed E-state index contributed by atoms with van der Waals surface area (Å²) >= 11 is 18.0. The fourth-order valence-corrected chi connectivity index (χ4v) is 2.69. The fourth-order valence-electron chi connectivity index (χ4n) is 1.90. The Hall–Kier alpha value is -0.900. The Bertz CT molecular complexity index is 611. The van der Waals surface area contributed by atoms with Gasteiger partial charge in [-0.2, -0.15) is 5.10 Å². The Balaban J connectivity index is 2.20. The molecule has 108 valence electrons. The fraction of sp³-hybridized carbons (Fsp3) is 0.357. The highest BCUT2D eigenvalue weighted by Gasteiger charge is 2.12. The molecule has 3 nitrogen and oxygen atoms in total. The maximum Gasteiger partial charge on any atom is 0.142 e. The summed E-state index contributed by atoms with van der Waals surface area (Å²) in [5.41, 5.74) is 2.79. The molecule has 0 radical (unpaired) electrons. The highest BCUT2D eigenvalue weighted by molar-refractivity contribution is 6.36. The molecule has 0 atom stereocenters. The van der Waals surface area contributed by atoms with Gasteiger partial charge in [-0.15, -0.1) is 11.6 Å². The molecule has 0 fully saturated rings. The summed E-state index contributed by atoms with van der Waals surface area (Å²) in [5, 5.41) is 5.39. The number of aromatic nitrogens is 2. The van der Waals surface area contributed by atoms with Crippen molar-refractivity contribution in [1.82, 2.24) is 9.78 Å². The van der Waals surface area contributed by atoms with E-state index in [1.165, 1.54) is 0 Å².